The number of carboxylic acid groups (broad SMARTS) is 1. The fraction of sp³-hybridized carbons (Fsp3) is 0.0625. The summed E-state index contributed by atoms with van der Waals surface area (Å²) in [6.07, 6.45) is 1.69. The molecular weight excluding hydrogens is 336 g/mol. The second kappa shape index (κ2) is 5.61. The van der Waals surface area contributed by atoms with Crippen molar-refractivity contribution in [3.8, 4) is 16.9 Å². The average Bonchev–Trinajstić information content (AvgIpc) is 2.92. The summed E-state index contributed by atoms with van der Waals surface area (Å²) >= 11 is 3.41. The van der Waals surface area contributed by atoms with Crippen molar-refractivity contribution in [2.75, 3.05) is 6.61 Å². The van der Waals surface area contributed by atoms with E-state index in [9.17, 15) is 4.79 Å². The molecule has 1 N–H and O–H groups in total. The summed E-state index contributed by atoms with van der Waals surface area (Å²) in [6.45, 7) is -0.393. The van der Waals surface area contributed by atoms with Gasteiger partial charge in [-0.2, -0.15) is 0 Å². The fourth-order valence-corrected chi connectivity index (χ4v) is 2.69. The molecule has 1 aromatic heterocycles. The van der Waals surface area contributed by atoms with Crippen molar-refractivity contribution in [2.45, 2.75) is 0 Å². The van der Waals surface area contributed by atoms with Crippen LogP contribution in [-0.4, -0.2) is 17.7 Å². The largest absolute Gasteiger partial charge is 0.481 e. The van der Waals surface area contributed by atoms with Gasteiger partial charge in [0.25, 0.3) is 0 Å². The Hall–Kier alpha value is -2.27. The van der Waals surface area contributed by atoms with E-state index in [4.69, 9.17) is 14.3 Å². The molecule has 0 fully saturated rings. The Balaban J connectivity index is 2.05. The normalized spacial score (nSPS) is 10.7. The number of carbonyl (C=O) groups is 1. The second-order valence-corrected chi connectivity index (χ2v) is 5.25. The van der Waals surface area contributed by atoms with Gasteiger partial charge in [-0.25, -0.2) is 4.79 Å². The van der Waals surface area contributed by atoms with E-state index < -0.39 is 12.6 Å². The monoisotopic (exact) mass is 346 g/mol. The molecule has 4 nitrogen and oxygen atoms in total. The van der Waals surface area contributed by atoms with Gasteiger partial charge < -0.3 is 14.3 Å². The maximum absolute atomic E-state index is 10.6. The molecule has 3 rings (SSSR count). The lowest BCUT2D eigenvalue weighted by atomic mass is 10.1. The molecule has 21 heavy (non-hydrogen) atoms. The summed E-state index contributed by atoms with van der Waals surface area (Å²) < 4.78 is 11.4. The number of rotatable bonds is 4. The third-order valence-corrected chi connectivity index (χ3v) is 3.83. The Morgan fingerprint density at radius 3 is 2.67 bits per heavy atom. The van der Waals surface area contributed by atoms with Gasteiger partial charge in [0.05, 0.1) is 6.26 Å². The molecule has 0 saturated carbocycles. The topological polar surface area (TPSA) is 59.7 Å². The molecule has 0 radical (unpaired) electrons. The van der Waals surface area contributed by atoms with Gasteiger partial charge in [-0.15, -0.1) is 0 Å². The van der Waals surface area contributed by atoms with E-state index in [1.807, 2.05) is 36.4 Å². The first-order valence-electron chi connectivity index (χ1n) is 6.26. The highest BCUT2D eigenvalue weighted by atomic mass is 79.9. The zero-order valence-corrected chi connectivity index (χ0v) is 12.5. The minimum absolute atomic E-state index is 0.393. The molecule has 3 aromatic rings. The molecule has 1 heterocycles. The van der Waals surface area contributed by atoms with Crippen LogP contribution in [0.4, 0.5) is 0 Å². The molecule has 0 bridgehead atoms. The van der Waals surface area contributed by atoms with E-state index >= 15 is 0 Å². The molecule has 5 heteroatoms. The maximum atomic E-state index is 10.6. The third-order valence-electron chi connectivity index (χ3n) is 3.08. The van der Waals surface area contributed by atoms with Crippen molar-refractivity contribution >= 4 is 32.9 Å². The molecular formula is C16H11BrO4. The van der Waals surface area contributed by atoms with Gasteiger partial charge in [0.2, 0.25) is 0 Å². The number of carboxylic acids is 1. The Bertz CT molecular complexity index is 793. The van der Waals surface area contributed by atoms with Gasteiger partial charge in [-0.1, -0.05) is 30.3 Å². The zero-order chi connectivity index (χ0) is 14.8. The Kier molecular flexibility index (Phi) is 3.66. The van der Waals surface area contributed by atoms with Gasteiger partial charge in [-0.3, -0.25) is 0 Å². The van der Waals surface area contributed by atoms with E-state index in [1.165, 1.54) is 0 Å². The lowest BCUT2D eigenvalue weighted by molar-refractivity contribution is -0.139. The van der Waals surface area contributed by atoms with Gasteiger partial charge >= 0.3 is 5.97 Å². The van der Waals surface area contributed by atoms with Crippen molar-refractivity contribution in [2.24, 2.45) is 0 Å². The highest BCUT2D eigenvalue weighted by Crippen LogP contribution is 2.39. The van der Waals surface area contributed by atoms with Crippen molar-refractivity contribution in [3.05, 3.63) is 53.2 Å². The van der Waals surface area contributed by atoms with Gasteiger partial charge in [0.1, 0.15) is 10.2 Å². The smallest absolute Gasteiger partial charge is 0.341 e. The predicted octanol–water partition coefficient (Wildman–Crippen LogP) is 4.33. The van der Waals surface area contributed by atoms with E-state index in [0.717, 1.165) is 16.5 Å². The standard InChI is InChI=1S/C16H11BrO4/c17-15-13(20-9-14(18)19)7-6-11-12(8-21-16(11)15)10-4-2-1-3-5-10/h1-8H,9H2,(H,18,19). The number of fused-ring (bicyclic) bond motifs is 1. The number of furan rings is 1. The van der Waals surface area contributed by atoms with Gasteiger partial charge in [0, 0.05) is 10.9 Å². The van der Waals surface area contributed by atoms with Crippen LogP contribution in [0.5, 0.6) is 5.75 Å². The van der Waals surface area contributed by atoms with Crippen LogP contribution in [0.2, 0.25) is 0 Å². The van der Waals surface area contributed by atoms with Crippen LogP contribution in [0.1, 0.15) is 0 Å². The molecule has 0 atom stereocenters. The minimum atomic E-state index is -1.02. The number of ether oxygens (including phenoxy) is 1. The molecule has 0 spiro atoms. The van der Waals surface area contributed by atoms with Crippen LogP contribution in [0.3, 0.4) is 0 Å². The van der Waals surface area contributed by atoms with Crippen LogP contribution in [-0.2, 0) is 4.79 Å². The molecule has 106 valence electrons. The van der Waals surface area contributed by atoms with Crippen LogP contribution in [0.25, 0.3) is 22.1 Å². The molecule has 0 aliphatic heterocycles. The van der Waals surface area contributed by atoms with E-state index in [0.29, 0.717) is 15.8 Å². The lowest BCUT2D eigenvalue weighted by Gasteiger charge is -2.06. The van der Waals surface area contributed by atoms with Crippen molar-refractivity contribution < 1.29 is 19.1 Å². The summed E-state index contributed by atoms with van der Waals surface area (Å²) in [5, 5.41) is 9.61. The highest BCUT2D eigenvalue weighted by molar-refractivity contribution is 9.10. The highest BCUT2D eigenvalue weighted by Gasteiger charge is 2.14. The molecule has 0 aliphatic carbocycles. The number of aliphatic carboxylic acids is 1. The SMILES string of the molecule is O=C(O)COc1ccc2c(-c3ccccc3)coc2c1Br. The number of hydrogen-bond donors (Lipinski definition) is 1. The predicted molar refractivity (Wildman–Crippen MR) is 82.5 cm³/mol. The summed E-state index contributed by atoms with van der Waals surface area (Å²) in [7, 11) is 0. The van der Waals surface area contributed by atoms with Crippen LogP contribution >= 0.6 is 15.9 Å². The maximum Gasteiger partial charge on any atom is 0.341 e. The van der Waals surface area contributed by atoms with Gasteiger partial charge in [-0.05, 0) is 33.6 Å². The summed E-state index contributed by atoms with van der Waals surface area (Å²) in [5.74, 6) is -0.578. The second-order valence-electron chi connectivity index (χ2n) is 4.45. The van der Waals surface area contributed by atoms with Gasteiger partial charge in [0.15, 0.2) is 12.2 Å². The average molecular weight is 347 g/mol. The first-order valence-corrected chi connectivity index (χ1v) is 7.06. The Labute approximate surface area is 129 Å². The lowest BCUT2D eigenvalue weighted by Crippen LogP contribution is -2.09. The zero-order valence-electron chi connectivity index (χ0n) is 10.9. The quantitative estimate of drug-likeness (QED) is 0.763. The molecule has 0 aliphatic rings. The first kappa shape index (κ1) is 13.7. The van der Waals surface area contributed by atoms with Crippen molar-refractivity contribution in [1.82, 2.24) is 0 Å². The van der Waals surface area contributed by atoms with Crippen molar-refractivity contribution in [1.29, 1.82) is 0 Å². The third kappa shape index (κ3) is 2.64. The van der Waals surface area contributed by atoms with Crippen LogP contribution < -0.4 is 4.74 Å². The van der Waals surface area contributed by atoms with E-state index in [2.05, 4.69) is 15.9 Å². The summed E-state index contributed by atoms with van der Waals surface area (Å²) in [4.78, 5) is 10.6. The van der Waals surface area contributed by atoms with E-state index in [-0.39, 0.29) is 0 Å². The van der Waals surface area contributed by atoms with E-state index in [1.54, 1.807) is 12.3 Å². The summed E-state index contributed by atoms with van der Waals surface area (Å²) in [6, 6.07) is 13.5. The minimum Gasteiger partial charge on any atom is -0.481 e. The Morgan fingerprint density at radius 1 is 1.19 bits per heavy atom. The van der Waals surface area contributed by atoms with Crippen LogP contribution in [0, 0.1) is 0 Å². The molecule has 0 amide bonds. The van der Waals surface area contributed by atoms with Crippen LogP contribution in [0.15, 0.2) is 57.6 Å². The summed E-state index contributed by atoms with van der Waals surface area (Å²) in [5.41, 5.74) is 2.68. The number of halogens is 1. The molecule has 0 saturated heterocycles. The molecule has 0 unspecified atom stereocenters. The fourth-order valence-electron chi connectivity index (χ4n) is 2.14. The Morgan fingerprint density at radius 2 is 1.95 bits per heavy atom. The number of benzene rings is 2. The number of hydrogen-bond acceptors (Lipinski definition) is 3. The first-order chi connectivity index (χ1) is 10.2. The van der Waals surface area contributed by atoms with Crippen molar-refractivity contribution in [3.63, 3.8) is 0 Å². The molecule has 2 aromatic carbocycles.